The molecule has 0 unspecified atom stereocenters. The first kappa shape index (κ1) is 18.4. The van der Waals surface area contributed by atoms with E-state index >= 15 is 0 Å². The van der Waals surface area contributed by atoms with E-state index in [-0.39, 0.29) is 23.9 Å². The van der Waals surface area contributed by atoms with E-state index in [0.717, 1.165) is 58.2 Å². The zero-order valence-electron chi connectivity index (χ0n) is 15.8. The number of amides is 2. The van der Waals surface area contributed by atoms with Gasteiger partial charge in [-0.25, -0.2) is 0 Å². The molecule has 2 amide bonds. The van der Waals surface area contributed by atoms with Gasteiger partial charge in [0, 0.05) is 32.2 Å². The minimum absolute atomic E-state index is 0.0676. The van der Waals surface area contributed by atoms with Crippen molar-refractivity contribution in [2.75, 3.05) is 26.7 Å². The summed E-state index contributed by atoms with van der Waals surface area (Å²) in [6, 6.07) is 0.259. The molecule has 5 nitrogen and oxygen atoms in total. The van der Waals surface area contributed by atoms with E-state index in [2.05, 4.69) is 18.4 Å². The molecule has 3 aliphatic rings. The molecule has 0 aromatic rings. The highest BCUT2D eigenvalue weighted by molar-refractivity contribution is 5.93. The first-order valence-corrected chi connectivity index (χ1v) is 10.0. The van der Waals surface area contributed by atoms with Crippen LogP contribution in [0.1, 0.15) is 51.9 Å². The van der Waals surface area contributed by atoms with Crippen LogP contribution in [0.15, 0.2) is 12.7 Å². The number of carbonyl (C=O) groups is 2. The Balaban J connectivity index is 1.71. The van der Waals surface area contributed by atoms with Crippen LogP contribution >= 0.6 is 0 Å². The van der Waals surface area contributed by atoms with Crippen molar-refractivity contribution in [1.29, 1.82) is 0 Å². The second-order valence-electron chi connectivity index (χ2n) is 7.93. The highest BCUT2D eigenvalue weighted by Crippen LogP contribution is 2.40. The molecule has 1 saturated carbocycles. The van der Waals surface area contributed by atoms with Gasteiger partial charge in [-0.1, -0.05) is 26.3 Å². The van der Waals surface area contributed by atoms with E-state index in [1.807, 2.05) is 16.8 Å². The summed E-state index contributed by atoms with van der Waals surface area (Å²) in [5.41, 5.74) is 0. The maximum Gasteiger partial charge on any atom is 0.246 e. The Kier molecular flexibility index (Phi) is 5.82. The maximum absolute atomic E-state index is 13.3. The predicted octanol–water partition coefficient (Wildman–Crippen LogP) is 2.27. The van der Waals surface area contributed by atoms with Gasteiger partial charge in [0.2, 0.25) is 11.8 Å². The molecule has 5 heteroatoms. The average molecular weight is 348 g/mol. The Morgan fingerprint density at radius 3 is 2.48 bits per heavy atom. The summed E-state index contributed by atoms with van der Waals surface area (Å²) in [4.78, 5) is 32.0. The van der Waals surface area contributed by atoms with Gasteiger partial charge in [0.05, 0.1) is 0 Å². The second kappa shape index (κ2) is 7.90. The van der Waals surface area contributed by atoms with Gasteiger partial charge in [-0.2, -0.15) is 0 Å². The predicted molar refractivity (Wildman–Crippen MR) is 99.1 cm³/mol. The highest BCUT2D eigenvalue weighted by Gasteiger charge is 2.48. The number of hydrogen-bond donors (Lipinski definition) is 0. The van der Waals surface area contributed by atoms with Gasteiger partial charge in [-0.05, 0) is 50.6 Å². The fraction of sp³-hybridized carbons (Fsp3) is 0.800. The van der Waals surface area contributed by atoms with Crippen molar-refractivity contribution in [3.05, 3.63) is 12.7 Å². The van der Waals surface area contributed by atoms with Crippen LogP contribution in [0.4, 0.5) is 0 Å². The zero-order valence-corrected chi connectivity index (χ0v) is 15.8. The Labute approximate surface area is 152 Å². The summed E-state index contributed by atoms with van der Waals surface area (Å²) in [5.74, 6) is 0.559. The summed E-state index contributed by atoms with van der Waals surface area (Å²) in [6.45, 7) is 9.06. The van der Waals surface area contributed by atoms with Crippen LogP contribution in [0.3, 0.4) is 0 Å². The molecule has 0 spiro atoms. The molecular weight excluding hydrogens is 314 g/mol. The van der Waals surface area contributed by atoms with Crippen LogP contribution in [0.5, 0.6) is 0 Å². The fourth-order valence-corrected chi connectivity index (χ4v) is 5.14. The van der Waals surface area contributed by atoms with Gasteiger partial charge in [0.15, 0.2) is 0 Å². The van der Waals surface area contributed by atoms with Crippen LogP contribution in [-0.4, -0.2) is 71.3 Å². The van der Waals surface area contributed by atoms with Crippen LogP contribution in [0, 0.1) is 5.92 Å². The second-order valence-corrected chi connectivity index (χ2v) is 7.93. The summed E-state index contributed by atoms with van der Waals surface area (Å²) >= 11 is 0. The van der Waals surface area contributed by atoms with E-state index in [1.165, 1.54) is 12.5 Å². The van der Waals surface area contributed by atoms with E-state index in [9.17, 15) is 9.59 Å². The average Bonchev–Trinajstić information content (AvgIpc) is 3.05. The van der Waals surface area contributed by atoms with Gasteiger partial charge < -0.3 is 14.7 Å². The zero-order chi connectivity index (χ0) is 18.0. The molecule has 0 aromatic carbocycles. The molecule has 3 atom stereocenters. The molecular formula is C20H33N3O2. The van der Waals surface area contributed by atoms with Crippen molar-refractivity contribution in [2.24, 2.45) is 5.92 Å². The number of piperidine rings is 1. The lowest BCUT2D eigenvalue weighted by atomic mass is 9.84. The summed E-state index contributed by atoms with van der Waals surface area (Å²) in [6.07, 6.45) is 8.85. The summed E-state index contributed by atoms with van der Waals surface area (Å²) in [5, 5.41) is 0. The van der Waals surface area contributed by atoms with E-state index in [4.69, 9.17) is 0 Å². The lowest BCUT2D eigenvalue weighted by Crippen LogP contribution is -2.53. The number of fused-ring (bicyclic) bond motifs is 1. The minimum Gasteiger partial charge on any atom is -0.341 e. The number of hydrogen-bond acceptors (Lipinski definition) is 3. The van der Waals surface area contributed by atoms with Crippen LogP contribution in [-0.2, 0) is 9.59 Å². The molecule has 0 radical (unpaired) electrons. The molecule has 140 valence electrons. The third kappa shape index (κ3) is 3.62. The molecule has 2 saturated heterocycles. The van der Waals surface area contributed by atoms with Crippen molar-refractivity contribution in [3.8, 4) is 0 Å². The van der Waals surface area contributed by atoms with Crippen LogP contribution in [0.25, 0.3) is 0 Å². The Morgan fingerprint density at radius 2 is 1.84 bits per heavy atom. The number of carbonyl (C=O) groups excluding carboxylic acids is 2. The first-order chi connectivity index (χ1) is 12.1. The third-order valence-corrected chi connectivity index (χ3v) is 6.70. The molecule has 2 aliphatic heterocycles. The van der Waals surface area contributed by atoms with Gasteiger partial charge in [-0.15, -0.1) is 0 Å². The monoisotopic (exact) mass is 347 g/mol. The van der Waals surface area contributed by atoms with Gasteiger partial charge >= 0.3 is 0 Å². The van der Waals surface area contributed by atoms with Crippen LogP contribution < -0.4 is 0 Å². The van der Waals surface area contributed by atoms with Crippen molar-refractivity contribution in [3.63, 3.8) is 0 Å². The lowest BCUT2D eigenvalue weighted by molar-refractivity contribution is -0.144. The van der Waals surface area contributed by atoms with E-state index < -0.39 is 0 Å². The lowest BCUT2D eigenvalue weighted by Gasteiger charge is -2.39. The summed E-state index contributed by atoms with van der Waals surface area (Å²) < 4.78 is 0. The Bertz CT molecular complexity index is 513. The van der Waals surface area contributed by atoms with E-state index in [1.54, 1.807) is 0 Å². The topological polar surface area (TPSA) is 43.9 Å². The largest absolute Gasteiger partial charge is 0.341 e. The van der Waals surface area contributed by atoms with Crippen molar-refractivity contribution in [2.45, 2.75) is 70.0 Å². The summed E-state index contributed by atoms with van der Waals surface area (Å²) in [7, 11) is 1.94. The van der Waals surface area contributed by atoms with Gasteiger partial charge in [-0.3, -0.25) is 9.59 Å². The number of likely N-dealkylation sites (tertiary alicyclic amines) is 2. The van der Waals surface area contributed by atoms with Gasteiger partial charge in [0.25, 0.3) is 0 Å². The SMILES string of the molecule is C=CC(=O)N1[C@@H]2CCCC[C@H]2C[C@H]1C(=O)N(C)C1CCN(CC)CC1. The molecule has 3 fully saturated rings. The van der Waals surface area contributed by atoms with Gasteiger partial charge in [0.1, 0.15) is 6.04 Å². The standard InChI is InChI=1S/C20H33N3O2/c1-4-19(24)23-17-9-7-6-8-15(17)14-18(23)20(25)21(3)16-10-12-22(5-2)13-11-16/h4,15-18H,1,5-14H2,2-3H3/t15-,17+,18-/m0/s1. The highest BCUT2D eigenvalue weighted by atomic mass is 16.2. The fourth-order valence-electron chi connectivity index (χ4n) is 5.14. The third-order valence-electron chi connectivity index (χ3n) is 6.70. The smallest absolute Gasteiger partial charge is 0.246 e. The Hall–Kier alpha value is -1.36. The normalized spacial score (nSPS) is 30.8. The molecule has 3 rings (SSSR count). The quantitative estimate of drug-likeness (QED) is 0.733. The molecule has 2 heterocycles. The molecule has 0 bridgehead atoms. The number of nitrogens with zero attached hydrogens (tertiary/aromatic N) is 3. The minimum atomic E-state index is -0.284. The molecule has 1 aliphatic carbocycles. The van der Waals surface area contributed by atoms with Crippen molar-refractivity contribution >= 4 is 11.8 Å². The van der Waals surface area contributed by atoms with Crippen molar-refractivity contribution < 1.29 is 9.59 Å². The number of rotatable bonds is 4. The first-order valence-electron chi connectivity index (χ1n) is 10.0. The van der Waals surface area contributed by atoms with Crippen molar-refractivity contribution in [1.82, 2.24) is 14.7 Å². The molecule has 0 N–H and O–H groups in total. The Morgan fingerprint density at radius 1 is 1.16 bits per heavy atom. The maximum atomic E-state index is 13.3. The molecule has 25 heavy (non-hydrogen) atoms. The van der Waals surface area contributed by atoms with Crippen LogP contribution in [0.2, 0.25) is 0 Å². The van der Waals surface area contributed by atoms with E-state index in [0.29, 0.717) is 12.0 Å². The number of likely N-dealkylation sites (N-methyl/N-ethyl adjacent to an activating group) is 1. The molecule has 0 aromatic heterocycles.